The second kappa shape index (κ2) is 6.49. The van der Waals surface area contributed by atoms with Gasteiger partial charge in [-0.3, -0.25) is 14.9 Å². The molecule has 1 N–H and O–H groups in total. The van der Waals surface area contributed by atoms with Gasteiger partial charge in [0.15, 0.2) is 0 Å². The van der Waals surface area contributed by atoms with E-state index in [0.29, 0.717) is 22.2 Å². The van der Waals surface area contributed by atoms with E-state index in [1.807, 2.05) is 22.6 Å². The van der Waals surface area contributed by atoms with Crippen LogP contribution in [0.4, 0.5) is 5.69 Å². The Labute approximate surface area is 130 Å². The van der Waals surface area contributed by atoms with E-state index in [4.69, 9.17) is 0 Å². The lowest BCUT2D eigenvalue weighted by atomic mass is 9.98. The highest BCUT2D eigenvalue weighted by Crippen LogP contribution is 2.23. The van der Waals surface area contributed by atoms with Gasteiger partial charge in [0.25, 0.3) is 11.6 Å². The highest BCUT2D eigenvalue weighted by atomic mass is 127. The van der Waals surface area contributed by atoms with E-state index in [9.17, 15) is 20.0 Å². The van der Waals surface area contributed by atoms with Gasteiger partial charge in [0.1, 0.15) is 0 Å². The number of hydrogen-bond acceptors (Lipinski definition) is 4. The molecule has 1 fully saturated rings. The van der Waals surface area contributed by atoms with Crippen LogP contribution >= 0.6 is 22.6 Å². The first-order chi connectivity index (χ1) is 9.52. The van der Waals surface area contributed by atoms with Gasteiger partial charge in [-0.25, -0.2) is 0 Å². The van der Waals surface area contributed by atoms with Crippen LogP contribution in [0.15, 0.2) is 18.2 Å². The largest absolute Gasteiger partial charge is 0.396 e. The van der Waals surface area contributed by atoms with Crippen molar-refractivity contribution in [3.05, 3.63) is 37.4 Å². The number of halogens is 1. The molecule has 1 saturated heterocycles. The molecule has 0 aromatic heterocycles. The first kappa shape index (κ1) is 15.2. The zero-order chi connectivity index (χ0) is 14.7. The first-order valence-corrected chi connectivity index (χ1v) is 7.45. The molecule has 7 heteroatoms. The number of carbonyl (C=O) groups is 1. The Hall–Kier alpha value is -1.22. The third kappa shape index (κ3) is 3.26. The van der Waals surface area contributed by atoms with Crippen molar-refractivity contribution in [1.82, 2.24) is 4.90 Å². The summed E-state index contributed by atoms with van der Waals surface area (Å²) in [6.07, 6.45) is 1.76. The molecule has 1 aliphatic rings. The van der Waals surface area contributed by atoms with Gasteiger partial charge in [-0.1, -0.05) is 0 Å². The lowest BCUT2D eigenvalue weighted by molar-refractivity contribution is -0.384. The van der Waals surface area contributed by atoms with Crippen LogP contribution in [0.1, 0.15) is 23.2 Å². The molecule has 0 spiro atoms. The van der Waals surface area contributed by atoms with E-state index >= 15 is 0 Å². The normalized spacial score (nSPS) is 18.9. The lowest BCUT2D eigenvalue weighted by Gasteiger charge is -2.32. The van der Waals surface area contributed by atoms with Gasteiger partial charge in [0.2, 0.25) is 0 Å². The van der Waals surface area contributed by atoms with Crippen LogP contribution in [0.25, 0.3) is 0 Å². The number of piperidine rings is 1. The van der Waals surface area contributed by atoms with Gasteiger partial charge in [0.05, 0.1) is 10.5 Å². The average Bonchev–Trinajstić information content (AvgIpc) is 2.46. The van der Waals surface area contributed by atoms with E-state index in [-0.39, 0.29) is 24.1 Å². The molecular formula is C13H15IN2O4. The number of aliphatic hydroxyl groups is 1. The Morgan fingerprint density at radius 3 is 2.95 bits per heavy atom. The fourth-order valence-electron chi connectivity index (χ4n) is 2.36. The van der Waals surface area contributed by atoms with Crippen molar-refractivity contribution in [1.29, 1.82) is 0 Å². The Balaban J connectivity index is 2.24. The fraction of sp³-hybridized carbons (Fsp3) is 0.462. The zero-order valence-electron chi connectivity index (χ0n) is 10.8. The maximum atomic E-state index is 12.5. The molecule has 1 unspecified atom stereocenters. The minimum absolute atomic E-state index is 0.0653. The minimum Gasteiger partial charge on any atom is -0.396 e. The quantitative estimate of drug-likeness (QED) is 0.487. The summed E-state index contributed by atoms with van der Waals surface area (Å²) in [5, 5.41) is 20.0. The van der Waals surface area contributed by atoms with Crippen molar-refractivity contribution in [2.24, 2.45) is 5.92 Å². The Kier molecular flexibility index (Phi) is 4.92. The molecule has 1 aromatic rings. The summed E-state index contributed by atoms with van der Waals surface area (Å²) in [7, 11) is 0. The molecule has 20 heavy (non-hydrogen) atoms. The topological polar surface area (TPSA) is 83.7 Å². The number of aliphatic hydroxyl groups excluding tert-OH is 1. The van der Waals surface area contributed by atoms with Crippen molar-refractivity contribution in [2.45, 2.75) is 12.8 Å². The molecule has 0 saturated carbocycles. The van der Waals surface area contributed by atoms with Crippen LogP contribution in [0.2, 0.25) is 0 Å². The van der Waals surface area contributed by atoms with Crippen molar-refractivity contribution in [2.75, 3.05) is 19.7 Å². The number of nitro benzene ring substituents is 1. The molecule has 0 radical (unpaired) electrons. The molecule has 1 amide bonds. The fourth-order valence-corrected chi connectivity index (χ4v) is 2.93. The third-order valence-corrected chi connectivity index (χ3v) is 4.40. The number of rotatable bonds is 3. The molecule has 1 aromatic carbocycles. The van der Waals surface area contributed by atoms with Gasteiger partial charge < -0.3 is 10.0 Å². The summed E-state index contributed by atoms with van der Waals surface area (Å²) < 4.78 is 0.698. The van der Waals surface area contributed by atoms with Crippen molar-refractivity contribution in [3.63, 3.8) is 0 Å². The van der Waals surface area contributed by atoms with Crippen molar-refractivity contribution in [3.8, 4) is 0 Å². The van der Waals surface area contributed by atoms with Gasteiger partial charge in [-0.2, -0.15) is 0 Å². The number of likely N-dealkylation sites (tertiary alicyclic amines) is 1. The van der Waals surface area contributed by atoms with Crippen molar-refractivity contribution >= 4 is 34.2 Å². The predicted octanol–water partition coefficient (Wildman–Crippen LogP) is 2.04. The highest BCUT2D eigenvalue weighted by molar-refractivity contribution is 14.1. The Morgan fingerprint density at radius 1 is 1.55 bits per heavy atom. The summed E-state index contributed by atoms with van der Waals surface area (Å²) >= 11 is 2.01. The molecule has 108 valence electrons. The maximum absolute atomic E-state index is 12.5. The number of nitro groups is 1. The molecule has 0 aliphatic carbocycles. The Morgan fingerprint density at radius 2 is 2.30 bits per heavy atom. The van der Waals surface area contributed by atoms with Crippen molar-refractivity contribution < 1.29 is 14.8 Å². The SMILES string of the molecule is O=C(c1cc([N+](=O)[O-])ccc1I)N1CCCC(CO)C1. The second-order valence-electron chi connectivity index (χ2n) is 4.86. The monoisotopic (exact) mass is 390 g/mol. The summed E-state index contributed by atoms with van der Waals surface area (Å²) in [5.41, 5.74) is 0.280. The van der Waals surface area contributed by atoms with E-state index in [1.54, 1.807) is 11.0 Å². The number of carbonyl (C=O) groups excluding carboxylic acids is 1. The molecule has 6 nitrogen and oxygen atoms in total. The van der Waals surface area contributed by atoms with Gasteiger partial charge >= 0.3 is 0 Å². The molecule has 2 rings (SSSR count). The van der Waals surface area contributed by atoms with Crippen LogP contribution in [0.3, 0.4) is 0 Å². The molecule has 1 heterocycles. The Bertz CT molecular complexity index is 535. The summed E-state index contributed by atoms with van der Waals surface area (Å²) in [6.45, 7) is 1.21. The predicted molar refractivity (Wildman–Crippen MR) is 81.5 cm³/mol. The van der Waals surface area contributed by atoms with E-state index < -0.39 is 4.92 Å². The van der Waals surface area contributed by atoms with Gasteiger partial charge in [-0.15, -0.1) is 0 Å². The zero-order valence-corrected chi connectivity index (χ0v) is 12.9. The van der Waals surface area contributed by atoms with Crippen LogP contribution in [0, 0.1) is 19.6 Å². The summed E-state index contributed by atoms with van der Waals surface area (Å²) in [4.78, 5) is 24.5. The molecule has 1 atom stereocenters. The number of benzene rings is 1. The van der Waals surface area contributed by atoms with Crippen LogP contribution in [-0.4, -0.2) is 40.5 Å². The average molecular weight is 390 g/mol. The van der Waals surface area contributed by atoms with E-state index in [0.717, 1.165) is 12.8 Å². The van der Waals surface area contributed by atoms with Gasteiger partial charge in [0, 0.05) is 35.4 Å². The third-order valence-electron chi connectivity index (χ3n) is 3.46. The highest BCUT2D eigenvalue weighted by Gasteiger charge is 2.26. The number of nitrogens with zero attached hydrogens (tertiary/aromatic N) is 2. The smallest absolute Gasteiger partial charge is 0.270 e. The number of hydrogen-bond donors (Lipinski definition) is 1. The van der Waals surface area contributed by atoms with Crippen LogP contribution in [-0.2, 0) is 0 Å². The van der Waals surface area contributed by atoms with Crippen LogP contribution in [0.5, 0.6) is 0 Å². The minimum atomic E-state index is -0.500. The number of non-ortho nitro benzene ring substituents is 1. The van der Waals surface area contributed by atoms with Crippen LogP contribution < -0.4 is 0 Å². The van der Waals surface area contributed by atoms with Gasteiger partial charge in [-0.05, 0) is 47.4 Å². The molecular weight excluding hydrogens is 375 g/mol. The molecule has 0 bridgehead atoms. The summed E-state index contributed by atoms with van der Waals surface area (Å²) in [6, 6.07) is 4.30. The first-order valence-electron chi connectivity index (χ1n) is 6.37. The molecule has 1 aliphatic heterocycles. The number of amides is 1. The van der Waals surface area contributed by atoms with E-state index in [1.165, 1.54) is 12.1 Å². The van der Waals surface area contributed by atoms with E-state index in [2.05, 4.69) is 0 Å². The second-order valence-corrected chi connectivity index (χ2v) is 6.03. The summed E-state index contributed by atoms with van der Waals surface area (Å²) in [5.74, 6) is -0.0969. The maximum Gasteiger partial charge on any atom is 0.270 e. The lowest BCUT2D eigenvalue weighted by Crippen LogP contribution is -2.41. The standard InChI is InChI=1S/C13H15IN2O4/c14-12-4-3-10(16(19)20)6-11(12)13(18)15-5-1-2-9(7-15)8-17/h3-4,6,9,17H,1-2,5,7-8H2.